The van der Waals surface area contributed by atoms with Crippen LogP contribution < -0.4 is 5.32 Å². The number of hydrogen-bond donors (Lipinski definition) is 1. The number of esters is 1. The first-order valence-electron chi connectivity index (χ1n) is 9.95. The summed E-state index contributed by atoms with van der Waals surface area (Å²) in [6.07, 6.45) is 3.30. The van der Waals surface area contributed by atoms with Gasteiger partial charge in [0, 0.05) is 45.3 Å². The minimum atomic E-state index is -0.219. The maximum Gasteiger partial charge on any atom is 0.308 e. The molecule has 0 atom stereocenters. The zero-order valence-electron chi connectivity index (χ0n) is 16.7. The summed E-state index contributed by atoms with van der Waals surface area (Å²) >= 11 is 0. The Morgan fingerprint density at radius 2 is 1.93 bits per heavy atom. The molecule has 0 amide bonds. The average Bonchev–Trinajstić information content (AvgIpc) is 2.75. The van der Waals surface area contributed by atoms with Crippen LogP contribution >= 0.6 is 0 Å². The van der Waals surface area contributed by atoms with Crippen LogP contribution in [0.2, 0.25) is 0 Å². The lowest BCUT2D eigenvalue weighted by molar-refractivity contribution is -0.146. The molecule has 0 radical (unpaired) electrons. The average molecular weight is 391 g/mol. The van der Waals surface area contributed by atoms with E-state index in [-0.39, 0.29) is 23.1 Å². The van der Waals surface area contributed by atoms with Gasteiger partial charge in [0.1, 0.15) is 5.82 Å². The van der Waals surface area contributed by atoms with E-state index in [1.807, 2.05) is 12.1 Å². The van der Waals surface area contributed by atoms with Crippen molar-refractivity contribution in [2.24, 2.45) is 10.9 Å². The molecule has 2 saturated heterocycles. The molecule has 0 unspecified atom stereocenters. The molecule has 2 aliphatic rings. The molecule has 2 heterocycles. The van der Waals surface area contributed by atoms with Crippen LogP contribution in [0.15, 0.2) is 29.3 Å². The zero-order chi connectivity index (χ0) is 20.0. The van der Waals surface area contributed by atoms with E-state index < -0.39 is 0 Å². The molecule has 0 spiro atoms. The Hall–Kier alpha value is -2.15. The van der Waals surface area contributed by atoms with Gasteiger partial charge in [0.2, 0.25) is 0 Å². The second kappa shape index (κ2) is 9.37. The van der Waals surface area contributed by atoms with Crippen LogP contribution in [0.4, 0.5) is 4.39 Å². The Balaban J connectivity index is 1.65. The molecule has 6 nitrogen and oxygen atoms in total. The summed E-state index contributed by atoms with van der Waals surface area (Å²) in [6.45, 7) is 3.65. The molecule has 28 heavy (non-hydrogen) atoms. The number of nitrogens with zero attached hydrogens (tertiary/aromatic N) is 2. The topological polar surface area (TPSA) is 63.2 Å². The van der Waals surface area contributed by atoms with E-state index in [1.54, 1.807) is 7.05 Å². The number of carbonyl (C=O) groups is 1. The third-order valence-electron chi connectivity index (χ3n) is 6.03. The number of carbonyl (C=O) groups excluding carboxylic acids is 1. The maximum atomic E-state index is 13.4. The fourth-order valence-electron chi connectivity index (χ4n) is 4.21. The predicted octanol–water partition coefficient (Wildman–Crippen LogP) is 2.33. The minimum absolute atomic E-state index is 0.0274. The van der Waals surface area contributed by atoms with E-state index in [4.69, 9.17) is 9.47 Å². The highest BCUT2D eigenvalue weighted by atomic mass is 19.1. The second-order valence-corrected chi connectivity index (χ2v) is 7.58. The highest BCUT2D eigenvalue weighted by Crippen LogP contribution is 2.34. The molecular weight excluding hydrogens is 361 g/mol. The first kappa shape index (κ1) is 20.6. The van der Waals surface area contributed by atoms with Crippen molar-refractivity contribution in [3.8, 4) is 0 Å². The SMILES string of the molecule is CN=C(NCC1(c2ccc(F)cc2)CCOCC1)N1CCC(C(=O)OC)CC1. The Bertz CT molecular complexity index is 679. The van der Waals surface area contributed by atoms with E-state index in [1.165, 1.54) is 19.2 Å². The zero-order valence-corrected chi connectivity index (χ0v) is 16.7. The van der Waals surface area contributed by atoms with Gasteiger partial charge >= 0.3 is 5.97 Å². The molecule has 1 aromatic carbocycles. The van der Waals surface area contributed by atoms with Crippen LogP contribution in [-0.2, 0) is 19.7 Å². The number of likely N-dealkylation sites (tertiary alicyclic amines) is 1. The smallest absolute Gasteiger partial charge is 0.308 e. The third kappa shape index (κ3) is 4.63. The molecule has 154 valence electrons. The lowest BCUT2D eigenvalue weighted by atomic mass is 9.74. The number of piperidine rings is 1. The van der Waals surface area contributed by atoms with E-state index in [0.717, 1.165) is 50.3 Å². The number of rotatable bonds is 4. The molecule has 0 saturated carbocycles. The van der Waals surface area contributed by atoms with Gasteiger partial charge in [-0.3, -0.25) is 9.79 Å². The predicted molar refractivity (Wildman–Crippen MR) is 106 cm³/mol. The van der Waals surface area contributed by atoms with Gasteiger partial charge in [-0.25, -0.2) is 4.39 Å². The maximum absolute atomic E-state index is 13.4. The van der Waals surface area contributed by atoms with Gasteiger partial charge in [0.25, 0.3) is 0 Å². The monoisotopic (exact) mass is 391 g/mol. The molecule has 3 rings (SSSR count). The molecule has 1 N–H and O–H groups in total. The Kier molecular flexibility index (Phi) is 6.88. The number of hydrogen-bond acceptors (Lipinski definition) is 4. The van der Waals surface area contributed by atoms with Crippen molar-refractivity contribution in [1.82, 2.24) is 10.2 Å². The van der Waals surface area contributed by atoms with Crippen molar-refractivity contribution in [3.05, 3.63) is 35.6 Å². The second-order valence-electron chi connectivity index (χ2n) is 7.58. The summed E-state index contributed by atoms with van der Waals surface area (Å²) in [5, 5.41) is 3.53. The molecule has 0 aliphatic carbocycles. The van der Waals surface area contributed by atoms with Crippen LogP contribution in [0.5, 0.6) is 0 Å². The van der Waals surface area contributed by atoms with Gasteiger partial charge in [-0.15, -0.1) is 0 Å². The number of nitrogens with one attached hydrogen (secondary N) is 1. The summed E-state index contributed by atoms with van der Waals surface area (Å²) in [5.74, 6) is 0.472. The van der Waals surface area contributed by atoms with Crippen LogP contribution in [0.3, 0.4) is 0 Å². The molecule has 2 fully saturated rings. The first-order valence-corrected chi connectivity index (χ1v) is 9.95. The summed E-state index contributed by atoms with van der Waals surface area (Å²) in [5.41, 5.74) is 1.02. The number of benzene rings is 1. The van der Waals surface area contributed by atoms with Crippen LogP contribution in [0.25, 0.3) is 0 Å². The van der Waals surface area contributed by atoms with Crippen molar-refractivity contribution in [3.63, 3.8) is 0 Å². The lowest BCUT2D eigenvalue weighted by Crippen LogP contribution is -2.51. The van der Waals surface area contributed by atoms with Gasteiger partial charge in [0.05, 0.1) is 13.0 Å². The number of halogens is 1. The Labute approximate surface area is 166 Å². The standard InChI is InChI=1S/C21H30FN3O3/c1-23-20(25-11-7-16(8-12-25)19(26)27-2)24-15-21(9-13-28-14-10-21)17-3-5-18(22)6-4-17/h3-6,16H,7-15H2,1-2H3,(H,23,24). The minimum Gasteiger partial charge on any atom is -0.469 e. The van der Waals surface area contributed by atoms with Crippen molar-refractivity contribution < 1.29 is 18.7 Å². The largest absolute Gasteiger partial charge is 0.469 e. The summed E-state index contributed by atoms with van der Waals surface area (Å²) in [6, 6.07) is 6.82. The summed E-state index contributed by atoms with van der Waals surface area (Å²) in [7, 11) is 3.22. The van der Waals surface area contributed by atoms with Crippen LogP contribution in [0, 0.1) is 11.7 Å². The Morgan fingerprint density at radius 3 is 2.50 bits per heavy atom. The highest BCUT2D eigenvalue weighted by molar-refractivity contribution is 5.80. The number of ether oxygens (including phenoxy) is 2. The molecule has 7 heteroatoms. The van der Waals surface area contributed by atoms with E-state index in [0.29, 0.717) is 19.8 Å². The van der Waals surface area contributed by atoms with Gasteiger partial charge in [-0.2, -0.15) is 0 Å². The van der Waals surface area contributed by atoms with Crippen molar-refractivity contribution >= 4 is 11.9 Å². The van der Waals surface area contributed by atoms with Crippen LogP contribution in [-0.4, -0.2) is 63.8 Å². The number of aliphatic imine (C=N–C) groups is 1. The number of methoxy groups -OCH3 is 1. The fourth-order valence-corrected chi connectivity index (χ4v) is 4.21. The third-order valence-corrected chi connectivity index (χ3v) is 6.03. The quantitative estimate of drug-likeness (QED) is 0.485. The summed E-state index contributed by atoms with van der Waals surface area (Å²) < 4.78 is 23.9. The highest BCUT2D eigenvalue weighted by Gasteiger charge is 2.35. The lowest BCUT2D eigenvalue weighted by Gasteiger charge is -2.40. The Morgan fingerprint density at radius 1 is 1.29 bits per heavy atom. The molecule has 0 bridgehead atoms. The van der Waals surface area contributed by atoms with Crippen LogP contribution in [0.1, 0.15) is 31.2 Å². The molecule has 0 aromatic heterocycles. The van der Waals surface area contributed by atoms with Gasteiger partial charge in [-0.1, -0.05) is 12.1 Å². The van der Waals surface area contributed by atoms with E-state index >= 15 is 0 Å². The van der Waals surface area contributed by atoms with Crippen molar-refractivity contribution in [2.45, 2.75) is 31.1 Å². The van der Waals surface area contributed by atoms with Crippen molar-refractivity contribution in [2.75, 3.05) is 47.0 Å². The molecule has 1 aromatic rings. The molecular formula is C21H30FN3O3. The van der Waals surface area contributed by atoms with E-state index in [2.05, 4.69) is 15.2 Å². The van der Waals surface area contributed by atoms with Gasteiger partial charge in [0.15, 0.2) is 5.96 Å². The summed E-state index contributed by atoms with van der Waals surface area (Å²) in [4.78, 5) is 18.4. The van der Waals surface area contributed by atoms with Crippen molar-refractivity contribution in [1.29, 1.82) is 0 Å². The van der Waals surface area contributed by atoms with Gasteiger partial charge < -0.3 is 19.7 Å². The molecule has 2 aliphatic heterocycles. The number of guanidine groups is 1. The normalized spacial score (nSPS) is 20.7. The van der Waals surface area contributed by atoms with E-state index in [9.17, 15) is 9.18 Å². The first-order chi connectivity index (χ1) is 13.6. The fraction of sp³-hybridized carbons (Fsp3) is 0.619. The van der Waals surface area contributed by atoms with Gasteiger partial charge in [-0.05, 0) is 43.4 Å².